The summed E-state index contributed by atoms with van der Waals surface area (Å²) in [4.78, 5) is 10.5. The van der Waals surface area contributed by atoms with E-state index in [9.17, 15) is 32.7 Å². The Labute approximate surface area is 223 Å². The number of ether oxygens (including phenoxy) is 2. The van der Waals surface area contributed by atoms with E-state index in [4.69, 9.17) is 34.8 Å². The maximum Gasteiger partial charge on any atom is 0.466 e. The number of carbonyl (C=O) groups is 1. The van der Waals surface area contributed by atoms with E-state index < -0.39 is 94.0 Å². The first kappa shape index (κ1) is 34.4. The third-order valence-electron chi connectivity index (χ3n) is 4.88. The molecule has 2 rings (SSSR count). The second-order valence-electron chi connectivity index (χ2n) is 7.85. The summed E-state index contributed by atoms with van der Waals surface area (Å²) in [6, 6.07) is 0. The Bertz CT molecular complexity index is 971. The van der Waals surface area contributed by atoms with Gasteiger partial charge in [-0.05, 0) is 19.3 Å². The molecular weight excluding hydrogens is 582 g/mol. The first-order valence-corrected chi connectivity index (χ1v) is 14.7. The summed E-state index contributed by atoms with van der Waals surface area (Å²) in [5.41, 5.74) is -1.17. The van der Waals surface area contributed by atoms with Crippen molar-refractivity contribution in [1.82, 2.24) is 0 Å². The zero-order chi connectivity index (χ0) is 29.2. The quantitative estimate of drug-likeness (QED) is 0.0277. The standard InChI is InChI=1S/C12H23NO10S3.C6H8O6/c1-25(18)5-3-2-4-8(13-23-26(19,20)21)24-12-11(17)10(16)9(15)7(6-14)22-12;7-1-2(8)5-3(9)4(10)6(11)12-5/h7,9-12,14-17H,2-6H2,1H3,(H,19,20,21);2,5,7-10H,1H2/b13-8+;/t7-,9-,10+,11-,12+,25?;2-,5+/m10/s1. The first-order chi connectivity index (χ1) is 17.6. The number of unbranched alkanes of at least 4 members (excludes halogenated alkanes) is 1. The molecule has 0 aromatic rings. The summed E-state index contributed by atoms with van der Waals surface area (Å²) < 4.78 is 54.7. The van der Waals surface area contributed by atoms with Gasteiger partial charge in [-0.2, -0.15) is 8.42 Å². The third kappa shape index (κ3) is 10.9. The van der Waals surface area contributed by atoms with E-state index in [0.717, 1.165) is 11.8 Å². The van der Waals surface area contributed by atoms with Gasteiger partial charge < -0.3 is 50.3 Å². The smallest absolute Gasteiger partial charge is 0.466 e. The van der Waals surface area contributed by atoms with Crippen LogP contribution in [0.15, 0.2) is 16.7 Å². The number of rotatable bonds is 11. The van der Waals surface area contributed by atoms with Crippen molar-refractivity contribution in [1.29, 1.82) is 0 Å². The number of cyclic esters (lactones) is 1. The van der Waals surface area contributed by atoms with Gasteiger partial charge in [0.1, 0.15) is 41.0 Å². The van der Waals surface area contributed by atoms with Crippen LogP contribution in [0, 0.1) is 0 Å². The van der Waals surface area contributed by atoms with Crippen LogP contribution in [0.2, 0.25) is 0 Å². The average molecular weight is 614 g/mol. The maximum absolute atomic E-state index is 11.1. The molecule has 2 aliphatic rings. The monoisotopic (exact) mass is 613 g/mol. The van der Waals surface area contributed by atoms with Crippen LogP contribution >= 0.6 is 11.8 Å². The predicted octanol–water partition coefficient (Wildman–Crippen LogP) is -3.21. The van der Waals surface area contributed by atoms with E-state index in [0.29, 0.717) is 18.6 Å². The molecular formula is C18H31NO16S3. The predicted molar refractivity (Wildman–Crippen MR) is 129 cm³/mol. The molecule has 0 amide bonds. The summed E-state index contributed by atoms with van der Waals surface area (Å²) in [6.45, 7) is -1.28. The van der Waals surface area contributed by atoms with Crippen molar-refractivity contribution < 1.29 is 76.6 Å². The molecule has 1 unspecified atom stereocenters. The van der Waals surface area contributed by atoms with Crippen molar-refractivity contribution in [2.75, 3.05) is 25.2 Å². The topological polar surface area (TPSA) is 290 Å². The second kappa shape index (κ2) is 15.9. The molecule has 17 nitrogen and oxygen atoms in total. The minimum absolute atomic E-state index is 0.0221. The Kier molecular flexibility index (Phi) is 14.4. The van der Waals surface area contributed by atoms with Crippen molar-refractivity contribution in [2.45, 2.75) is 61.3 Å². The van der Waals surface area contributed by atoms with Gasteiger partial charge in [0, 0.05) is 22.8 Å². The van der Waals surface area contributed by atoms with Crippen molar-refractivity contribution in [2.24, 2.45) is 5.16 Å². The van der Waals surface area contributed by atoms with Crippen LogP contribution in [0.4, 0.5) is 0 Å². The lowest BCUT2D eigenvalue weighted by molar-refractivity contribution is -0.205. The normalized spacial score (nSPS) is 29.8. The lowest BCUT2D eigenvalue weighted by Gasteiger charge is -2.39. The molecule has 1 fully saturated rings. The Morgan fingerprint density at radius 1 is 1.16 bits per heavy atom. The van der Waals surface area contributed by atoms with Gasteiger partial charge in [-0.15, -0.1) is 0 Å². The number of nitrogens with zero attached hydrogens (tertiary/aromatic N) is 1. The van der Waals surface area contributed by atoms with Crippen molar-refractivity contribution in [3.05, 3.63) is 11.5 Å². The van der Waals surface area contributed by atoms with Gasteiger partial charge in [0.25, 0.3) is 0 Å². The van der Waals surface area contributed by atoms with Gasteiger partial charge in [0.2, 0.25) is 5.76 Å². The molecule has 20 heteroatoms. The molecule has 38 heavy (non-hydrogen) atoms. The molecule has 9 N–H and O–H groups in total. The molecule has 0 saturated carbocycles. The number of carbonyl (C=O) groups excluding carboxylic acids is 1. The second-order valence-corrected chi connectivity index (χ2v) is 11.6. The van der Waals surface area contributed by atoms with Gasteiger partial charge in [-0.25, -0.2) is 9.08 Å². The molecule has 222 valence electrons. The summed E-state index contributed by atoms with van der Waals surface area (Å²) in [5, 5.41) is 77.1. The molecule has 1 saturated heterocycles. The number of hydrogen-bond donors (Lipinski definition) is 9. The fourth-order valence-electron chi connectivity index (χ4n) is 2.92. The zero-order valence-corrected chi connectivity index (χ0v) is 22.3. The van der Waals surface area contributed by atoms with Crippen LogP contribution in [0.5, 0.6) is 0 Å². The molecule has 0 bridgehead atoms. The summed E-state index contributed by atoms with van der Waals surface area (Å²) >= 11 is 0.717. The van der Waals surface area contributed by atoms with Crippen LogP contribution in [0.25, 0.3) is 0 Å². The molecule has 0 spiro atoms. The molecule has 2 heterocycles. The minimum Gasteiger partial charge on any atom is -0.505 e. The van der Waals surface area contributed by atoms with Gasteiger partial charge in [-0.1, -0.05) is 16.9 Å². The van der Waals surface area contributed by atoms with Gasteiger partial charge >= 0.3 is 16.4 Å². The van der Waals surface area contributed by atoms with Crippen LogP contribution in [0.1, 0.15) is 19.3 Å². The van der Waals surface area contributed by atoms with Crippen molar-refractivity contribution in [3.8, 4) is 0 Å². The molecule has 0 aromatic heterocycles. The van der Waals surface area contributed by atoms with Gasteiger partial charge in [0.05, 0.1) is 13.2 Å². The Balaban J connectivity index is 0.000000499. The average Bonchev–Trinajstić information content (AvgIpc) is 3.11. The zero-order valence-electron chi connectivity index (χ0n) is 19.8. The largest absolute Gasteiger partial charge is 0.505 e. The third-order valence-corrected chi connectivity index (χ3v) is 7.18. The highest BCUT2D eigenvalue weighted by atomic mass is 32.3. The maximum atomic E-state index is 11.1. The molecule has 8 atom stereocenters. The minimum atomic E-state index is -4.83. The van der Waals surface area contributed by atoms with Crippen LogP contribution in [0.3, 0.4) is 0 Å². The number of thioether (sulfide) groups is 1. The Morgan fingerprint density at radius 2 is 1.79 bits per heavy atom. The molecule has 0 aromatic carbocycles. The lowest BCUT2D eigenvalue weighted by Crippen LogP contribution is -2.57. The van der Waals surface area contributed by atoms with E-state index >= 15 is 0 Å². The highest BCUT2D eigenvalue weighted by Gasteiger charge is 2.44. The fourth-order valence-corrected chi connectivity index (χ4v) is 4.87. The summed E-state index contributed by atoms with van der Waals surface area (Å²) in [7, 11) is -5.83. The van der Waals surface area contributed by atoms with Crippen molar-refractivity contribution in [3.63, 3.8) is 0 Å². The van der Waals surface area contributed by atoms with Crippen LogP contribution in [-0.4, -0.2) is 136 Å². The lowest BCUT2D eigenvalue weighted by atomic mass is 10.0. The highest BCUT2D eigenvalue weighted by Crippen LogP contribution is 2.30. The summed E-state index contributed by atoms with van der Waals surface area (Å²) in [6.07, 6.45) is -5.87. The number of esters is 1. The van der Waals surface area contributed by atoms with Crippen molar-refractivity contribution >= 4 is 44.0 Å². The van der Waals surface area contributed by atoms with Crippen LogP contribution < -0.4 is 0 Å². The Morgan fingerprint density at radius 3 is 2.26 bits per heavy atom. The van der Waals surface area contributed by atoms with Crippen LogP contribution in [-0.2, 0) is 39.8 Å². The molecule has 0 radical (unpaired) electrons. The molecule has 2 aliphatic heterocycles. The highest BCUT2D eigenvalue weighted by molar-refractivity contribution is 8.14. The SMILES string of the molecule is CS(=O)CCCC/C(=N\OS(=O)(=O)O)S[C@@H]1O[C@H](CO)[C@@H](O)[C@H](O)[C@H]1O.O=C1O[C@H]([C@@H](O)CO)C(O)=C1O. The van der Waals surface area contributed by atoms with E-state index in [-0.39, 0.29) is 11.5 Å². The van der Waals surface area contributed by atoms with E-state index in [1.165, 1.54) is 0 Å². The van der Waals surface area contributed by atoms with Gasteiger partial charge in [0.15, 0.2) is 11.9 Å². The number of aliphatic hydroxyl groups excluding tert-OH is 8. The number of hydrogen-bond acceptors (Lipinski definition) is 17. The number of aliphatic hydroxyl groups is 8. The van der Waals surface area contributed by atoms with E-state index in [2.05, 4.69) is 14.2 Å². The molecule has 0 aliphatic carbocycles. The fraction of sp³-hybridized carbons (Fsp3) is 0.778. The number of oxime groups is 1. The van der Waals surface area contributed by atoms with E-state index in [1.807, 2.05) is 0 Å². The first-order valence-electron chi connectivity index (χ1n) is 10.7. The summed E-state index contributed by atoms with van der Waals surface area (Å²) in [5.74, 6) is -2.35. The van der Waals surface area contributed by atoms with E-state index in [1.54, 1.807) is 6.26 Å². The Hall–Kier alpha value is -1.59. The van der Waals surface area contributed by atoms with Gasteiger partial charge in [-0.3, -0.25) is 8.76 Å².